The molecule has 0 aromatic heterocycles. The summed E-state index contributed by atoms with van der Waals surface area (Å²) in [6, 6.07) is 3.37. The van der Waals surface area contributed by atoms with Gasteiger partial charge in [-0.25, -0.2) is 0 Å². The van der Waals surface area contributed by atoms with E-state index in [9.17, 15) is 9.59 Å². The van der Waals surface area contributed by atoms with Crippen molar-refractivity contribution in [2.75, 3.05) is 6.61 Å². The van der Waals surface area contributed by atoms with Crippen molar-refractivity contribution in [2.45, 2.75) is 27.2 Å². The number of carbonyl (C=O) groups excluding carboxylic acids is 2. The molecule has 0 aliphatic heterocycles. The Morgan fingerprint density at radius 2 is 1.89 bits per heavy atom. The van der Waals surface area contributed by atoms with Crippen molar-refractivity contribution in [3.05, 3.63) is 41.0 Å². The second kappa shape index (κ2) is 6.53. The molecule has 0 amide bonds. The van der Waals surface area contributed by atoms with Crippen LogP contribution in [0.5, 0.6) is 5.75 Å². The molecule has 1 aromatic rings. The lowest BCUT2D eigenvalue weighted by atomic mass is 9.95. The molecule has 0 heterocycles. The van der Waals surface area contributed by atoms with Crippen molar-refractivity contribution in [3.63, 3.8) is 0 Å². The van der Waals surface area contributed by atoms with Gasteiger partial charge in [-0.3, -0.25) is 9.59 Å². The number of benzene rings is 1. The molecule has 3 nitrogen and oxygen atoms in total. The summed E-state index contributed by atoms with van der Waals surface area (Å²) < 4.78 is 5.29. The highest BCUT2D eigenvalue weighted by molar-refractivity contribution is 6.63. The van der Waals surface area contributed by atoms with E-state index in [1.54, 1.807) is 12.1 Å². The monoisotopic (exact) mass is 280 g/mol. The Labute approximate surface area is 118 Å². The van der Waals surface area contributed by atoms with Crippen molar-refractivity contribution in [3.8, 4) is 5.75 Å². The van der Waals surface area contributed by atoms with Crippen molar-refractivity contribution in [1.29, 1.82) is 0 Å². The zero-order chi connectivity index (χ0) is 14.6. The van der Waals surface area contributed by atoms with Crippen LogP contribution in [0, 0.1) is 13.8 Å². The van der Waals surface area contributed by atoms with E-state index in [-0.39, 0.29) is 12.4 Å². The maximum absolute atomic E-state index is 12.1. The first-order chi connectivity index (χ1) is 8.88. The second-order valence-electron chi connectivity index (χ2n) is 4.29. The molecule has 0 bridgehead atoms. The number of Topliss-reactive ketones (excluding diaryl/α,β-unsaturated/α-hetero) is 1. The quantitative estimate of drug-likeness (QED) is 0.454. The summed E-state index contributed by atoms with van der Waals surface area (Å²) >= 11 is 5.23. The molecule has 0 saturated carbocycles. The number of hydrogen-bond acceptors (Lipinski definition) is 3. The first-order valence-electron chi connectivity index (χ1n) is 6.02. The van der Waals surface area contributed by atoms with Gasteiger partial charge in [-0.15, -0.1) is 0 Å². The van der Waals surface area contributed by atoms with Crippen LogP contribution >= 0.6 is 11.6 Å². The van der Waals surface area contributed by atoms with Crippen LogP contribution in [-0.2, 0) is 4.79 Å². The fourth-order valence-electron chi connectivity index (χ4n) is 1.68. The topological polar surface area (TPSA) is 43.4 Å². The smallest absolute Gasteiger partial charge is 0.259 e. The molecular weight excluding hydrogens is 264 g/mol. The highest BCUT2D eigenvalue weighted by atomic mass is 35.5. The highest BCUT2D eigenvalue weighted by Crippen LogP contribution is 2.26. The standard InChI is InChI=1S/C15H17ClO3/c1-5-9(2)15(18)12-6-7-13(11(4)10(12)3)19-8-14(16)17/h6-7H,2,5,8H2,1,3-4H3. The summed E-state index contributed by atoms with van der Waals surface area (Å²) in [6.45, 7) is 9.16. The lowest BCUT2D eigenvalue weighted by molar-refractivity contribution is -0.113. The molecule has 0 N–H and O–H groups in total. The van der Waals surface area contributed by atoms with E-state index in [1.807, 2.05) is 20.8 Å². The molecule has 0 aliphatic carbocycles. The molecule has 102 valence electrons. The van der Waals surface area contributed by atoms with Gasteiger partial charge in [-0.1, -0.05) is 13.5 Å². The summed E-state index contributed by atoms with van der Waals surface area (Å²) in [6.07, 6.45) is 0.621. The predicted octanol–water partition coefficient (Wildman–Crippen LogP) is 3.60. The van der Waals surface area contributed by atoms with Gasteiger partial charge in [0.15, 0.2) is 12.4 Å². The average molecular weight is 281 g/mol. The molecule has 4 heteroatoms. The van der Waals surface area contributed by atoms with Crippen LogP contribution in [0.15, 0.2) is 24.3 Å². The Hall–Kier alpha value is -1.61. The first-order valence-corrected chi connectivity index (χ1v) is 6.40. The van der Waals surface area contributed by atoms with Gasteiger partial charge in [0.05, 0.1) is 0 Å². The fraction of sp³-hybridized carbons (Fsp3) is 0.333. The van der Waals surface area contributed by atoms with Crippen LogP contribution in [0.2, 0.25) is 0 Å². The van der Waals surface area contributed by atoms with Crippen LogP contribution < -0.4 is 4.74 Å². The Balaban J connectivity index is 3.07. The van der Waals surface area contributed by atoms with Gasteiger partial charge >= 0.3 is 0 Å². The first kappa shape index (κ1) is 15.4. The Bertz CT molecular complexity index is 532. The SMILES string of the molecule is C=C(CC)C(=O)c1ccc(OCC(=O)Cl)c(C)c1C. The molecule has 0 atom stereocenters. The zero-order valence-electron chi connectivity index (χ0n) is 11.4. The minimum absolute atomic E-state index is 0.0527. The molecule has 0 unspecified atom stereocenters. The van der Waals surface area contributed by atoms with E-state index in [2.05, 4.69) is 6.58 Å². The summed E-state index contributed by atoms with van der Waals surface area (Å²) in [4.78, 5) is 22.8. The zero-order valence-corrected chi connectivity index (χ0v) is 12.1. The van der Waals surface area contributed by atoms with Gasteiger partial charge in [0.1, 0.15) is 5.75 Å². The lowest BCUT2D eigenvalue weighted by Gasteiger charge is -2.13. The van der Waals surface area contributed by atoms with Gasteiger partial charge in [0.2, 0.25) is 0 Å². The summed E-state index contributed by atoms with van der Waals surface area (Å²) in [5.74, 6) is 0.508. The van der Waals surface area contributed by atoms with Crippen molar-refractivity contribution < 1.29 is 14.3 Å². The lowest BCUT2D eigenvalue weighted by Crippen LogP contribution is -2.09. The maximum Gasteiger partial charge on any atom is 0.259 e. The van der Waals surface area contributed by atoms with E-state index in [1.165, 1.54) is 0 Å². The maximum atomic E-state index is 12.1. The predicted molar refractivity (Wildman–Crippen MR) is 76.0 cm³/mol. The number of carbonyl (C=O) groups is 2. The molecular formula is C15H17ClO3. The van der Waals surface area contributed by atoms with Crippen LogP contribution in [0.25, 0.3) is 0 Å². The normalized spacial score (nSPS) is 10.1. The fourth-order valence-corrected chi connectivity index (χ4v) is 1.74. The molecule has 0 radical (unpaired) electrons. The summed E-state index contributed by atoms with van der Waals surface area (Å²) in [7, 11) is 0. The number of rotatable bonds is 6. The molecule has 1 rings (SSSR count). The average Bonchev–Trinajstić information content (AvgIpc) is 2.38. The Morgan fingerprint density at radius 1 is 1.26 bits per heavy atom. The van der Waals surface area contributed by atoms with Gasteiger partial charge < -0.3 is 4.74 Å². The summed E-state index contributed by atoms with van der Waals surface area (Å²) in [5.41, 5.74) is 2.85. The molecule has 0 fully saturated rings. The number of ketones is 1. The largest absolute Gasteiger partial charge is 0.484 e. The second-order valence-corrected chi connectivity index (χ2v) is 4.71. The van der Waals surface area contributed by atoms with E-state index >= 15 is 0 Å². The molecule has 0 saturated heterocycles. The summed E-state index contributed by atoms with van der Waals surface area (Å²) in [5, 5.41) is -0.559. The molecule has 0 aliphatic rings. The Morgan fingerprint density at radius 3 is 2.42 bits per heavy atom. The third-order valence-corrected chi connectivity index (χ3v) is 3.18. The molecule has 0 spiro atoms. The number of allylic oxidation sites excluding steroid dienone is 1. The number of hydrogen-bond donors (Lipinski definition) is 0. The highest BCUT2D eigenvalue weighted by Gasteiger charge is 2.15. The minimum atomic E-state index is -0.559. The third kappa shape index (κ3) is 3.67. The van der Waals surface area contributed by atoms with Crippen LogP contribution in [0.4, 0.5) is 0 Å². The van der Waals surface area contributed by atoms with Crippen LogP contribution in [-0.4, -0.2) is 17.6 Å². The van der Waals surface area contributed by atoms with Gasteiger partial charge in [0, 0.05) is 5.56 Å². The number of halogens is 1. The molecule has 19 heavy (non-hydrogen) atoms. The van der Waals surface area contributed by atoms with Crippen molar-refractivity contribution in [2.24, 2.45) is 0 Å². The number of ether oxygens (including phenoxy) is 1. The van der Waals surface area contributed by atoms with Crippen LogP contribution in [0.1, 0.15) is 34.8 Å². The molecule has 1 aromatic carbocycles. The van der Waals surface area contributed by atoms with E-state index in [4.69, 9.17) is 16.3 Å². The minimum Gasteiger partial charge on any atom is -0.484 e. The van der Waals surface area contributed by atoms with Gasteiger partial charge in [0.25, 0.3) is 5.24 Å². The van der Waals surface area contributed by atoms with Gasteiger partial charge in [-0.2, -0.15) is 0 Å². The van der Waals surface area contributed by atoms with Crippen LogP contribution in [0.3, 0.4) is 0 Å². The van der Waals surface area contributed by atoms with E-state index < -0.39 is 5.24 Å². The van der Waals surface area contributed by atoms with E-state index in [0.29, 0.717) is 23.3 Å². The van der Waals surface area contributed by atoms with Crippen molar-refractivity contribution in [1.82, 2.24) is 0 Å². The van der Waals surface area contributed by atoms with E-state index in [0.717, 1.165) is 11.1 Å². The Kier molecular flexibility index (Phi) is 5.31. The third-order valence-electron chi connectivity index (χ3n) is 3.07. The van der Waals surface area contributed by atoms with Gasteiger partial charge in [-0.05, 0) is 60.7 Å². The van der Waals surface area contributed by atoms with Crippen molar-refractivity contribution >= 4 is 22.6 Å².